The van der Waals surface area contributed by atoms with Crippen LogP contribution in [0, 0.1) is 0 Å². The van der Waals surface area contributed by atoms with E-state index < -0.39 is 18.8 Å². The monoisotopic (exact) mass is 330 g/mol. The third kappa shape index (κ3) is 5.14. The minimum absolute atomic E-state index is 0.0321. The third-order valence-corrected chi connectivity index (χ3v) is 2.46. The van der Waals surface area contributed by atoms with Crippen molar-refractivity contribution in [3.05, 3.63) is 24.3 Å². The molecule has 0 saturated carbocycles. The van der Waals surface area contributed by atoms with Crippen molar-refractivity contribution in [2.45, 2.75) is 6.18 Å². The number of benzene rings is 1. The van der Waals surface area contributed by atoms with Gasteiger partial charge in [-0.2, -0.15) is 28.1 Å². The Balaban J connectivity index is 2.16. The number of anilines is 3. The molecule has 0 aliphatic carbocycles. The van der Waals surface area contributed by atoms with Crippen LogP contribution in [-0.2, 0) is 0 Å². The van der Waals surface area contributed by atoms with Gasteiger partial charge >= 0.3 is 12.2 Å². The zero-order valence-corrected chi connectivity index (χ0v) is 11.9. The van der Waals surface area contributed by atoms with Crippen molar-refractivity contribution in [2.75, 3.05) is 24.5 Å². The largest absolute Gasteiger partial charge is 0.497 e. The quantitative estimate of drug-likeness (QED) is 0.544. The van der Waals surface area contributed by atoms with E-state index in [1.807, 2.05) is 0 Å². The summed E-state index contributed by atoms with van der Waals surface area (Å²) in [6.07, 6.45) is -4.51. The molecule has 0 saturated heterocycles. The molecule has 0 unspecified atom stereocenters. The molecule has 0 radical (unpaired) electrons. The Bertz CT molecular complexity index is 650. The second-order valence-corrected chi connectivity index (χ2v) is 4.17. The van der Waals surface area contributed by atoms with Gasteiger partial charge in [0.15, 0.2) is 6.61 Å². The number of nitrogens with two attached hydrogens (primary N) is 1. The highest BCUT2D eigenvalue weighted by molar-refractivity contribution is 5.55. The molecule has 0 aliphatic rings. The highest BCUT2D eigenvalue weighted by Gasteiger charge is 2.29. The van der Waals surface area contributed by atoms with Crippen LogP contribution in [0.5, 0.6) is 11.8 Å². The van der Waals surface area contributed by atoms with Crippen LogP contribution in [0.15, 0.2) is 24.3 Å². The fraction of sp³-hybridized carbons (Fsp3) is 0.250. The van der Waals surface area contributed by atoms with Gasteiger partial charge < -0.3 is 14.8 Å². The van der Waals surface area contributed by atoms with Gasteiger partial charge in [0.1, 0.15) is 5.75 Å². The number of nitrogen functional groups attached to an aromatic ring is 1. The smallest absolute Gasteiger partial charge is 0.422 e. The zero-order valence-electron chi connectivity index (χ0n) is 11.9. The van der Waals surface area contributed by atoms with E-state index >= 15 is 0 Å². The van der Waals surface area contributed by atoms with E-state index in [-0.39, 0.29) is 11.9 Å². The highest BCUT2D eigenvalue weighted by Crippen LogP contribution is 2.21. The minimum Gasteiger partial charge on any atom is -0.497 e. The number of hydrogen-bond acceptors (Lipinski definition) is 8. The summed E-state index contributed by atoms with van der Waals surface area (Å²) in [6.45, 7) is -1.52. The van der Waals surface area contributed by atoms with Crippen LogP contribution < -0.4 is 26.1 Å². The molecule has 0 amide bonds. The molecule has 0 fully saturated rings. The van der Waals surface area contributed by atoms with Gasteiger partial charge in [0.25, 0.3) is 0 Å². The molecule has 2 rings (SSSR count). The molecule has 0 spiro atoms. The standard InChI is InChI=1S/C12H13F3N6O2/c1-22-8-4-2-7(3-5-8)17-9-18-10(21-16)20-11(19-9)23-6-12(13,14)15/h2-5H,6,16H2,1H3,(H2,17,18,19,20,21). The average molecular weight is 330 g/mol. The Morgan fingerprint density at radius 2 is 1.74 bits per heavy atom. The second kappa shape index (κ2) is 6.96. The summed E-state index contributed by atoms with van der Waals surface area (Å²) in [5.41, 5.74) is 2.71. The number of hydrazine groups is 1. The van der Waals surface area contributed by atoms with Gasteiger partial charge in [-0.3, -0.25) is 5.43 Å². The van der Waals surface area contributed by atoms with E-state index in [0.717, 1.165) is 0 Å². The highest BCUT2D eigenvalue weighted by atomic mass is 19.4. The molecular formula is C12H13F3N6O2. The number of ether oxygens (including phenoxy) is 2. The lowest BCUT2D eigenvalue weighted by atomic mass is 10.3. The Labute approximate surface area is 128 Å². The fourth-order valence-electron chi connectivity index (χ4n) is 1.49. The number of alkyl halides is 3. The first-order chi connectivity index (χ1) is 10.9. The number of halogens is 3. The maximum Gasteiger partial charge on any atom is 0.422 e. The predicted octanol–water partition coefficient (Wildman–Crippen LogP) is 1.85. The van der Waals surface area contributed by atoms with Crippen molar-refractivity contribution in [2.24, 2.45) is 5.84 Å². The van der Waals surface area contributed by atoms with Crippen molar-refractivity contribution in [1.82, 2.24) is 15.0 Å². The number of nitrogens with one attached hydrogen (secondary N) is 2. The molecule has 1 aromatic carbocycles. The molecule has 23 heavy (non-hydrogen) atoms. The van der Waals surface area contributed by atoms with Crippen LogP contribution in [0.25, 0.3) is 0 Å². The van der Waals surface area contributed by atoms with E-state index in [1.165, 1.54) is 7.11 Å². The topological polar surface area (TPSA) is 107 Å². The first-order valence-electron chi connectivity index (χ1n) is 6.23. The summed E-state index contributed by atoms with van der Waals surface area (Å²) in [6, 6.07) is 6.21. The van der Waals surface area contributed by atoms with Gasteiger partial charge in [-0.25, -0.2) is 5.84 Å². The van der Waals surface area contributed by atoms with Crippen LogP contribution in [0.4, 0.5) is 30.8 Å². The summed E-state index contributed by atoms with van der Waals surface area (Å²) < 4.78 is 46.0. The summed E-state index contributed by atoms with van der Waals surface area (Å²) in [7, 11) is 1.53. The molecule has 1 aromatic heterocycles. The van der Waals surface area contributed by atoms with Gasteiger partial charge in [-0.05, 0) is 24.3 Å². The summed E-state index contributed by atoms with van der Waals surface area (Å²) in [5.74, 6) is 5.64. The SMILES string of the molecule is COc1ccc(Nc2nc(NN)nc(OCC(F)(F)F)n2)cc1. The molecule has 0 bridgehead atoms. The summed E-state index contributed by atoms with van der Waals surface area (Å²) >= 11 is 0. The molecule has 8 nitrogen and oxygen atoms in total. The molecule has 2 aromatic rings. The fourth-order valence-corrected chi connectivity index (χ4v) is 1.49. The van der Waals surface area contributed by atoms with Crippen molar-refractivity contribution in [1.29, 1.82) is 0 Å². The van der Waals surface area contributed by atoms with Gasteiger partial charge in [-0.1, -0.05) is 0 Å². The predicted molar refractivity (Wildman–Crippen MR) is 75.5 cm³/mol. The van der Waals surface area contributed by atoms with Crippen LogP contribution in [0.3, 0.4) is 0 Å². The molecule has 0 atom stereocenters. The Morgan fingerprint density at radius 3 is 2.30 bits per heavy atom. The third-order valence-electron chi connectivity index (χ3n) is 2.46. The molecule has 0 aliphatic heterocycles. The lowest BCUT2D eigenvalue weighted by Crippen LogP contribution is -2.21. The minimum atomic E-state index is -4.51. The lowest BCUT2D eigenvalue weighted by Gasteiger charge is -2.11. The first-order valence-corrected chi connectivity index (χ1v) is 6.23. The van der Waals surface area contributed by atoms with E-state index in [0.29, 0.717) is 11.4 Å². The molecule has 4 N–H and O–H groups in total. The summed E-state index contributed by atoms with van der Waals surface area (Å²) in [5, 5.41) is 2.79. The molecular weight excluding hydrogens is 317 g/mol. The second-order valence-electron chi connectivity index (χ2n) is 4.17. The number of aromatic nitrogens is 3. The first kappa shape index (κ1) is 16.5. The molecule has 124 valence electrons. The van der Waals surface area contributed by atoms with Gasteiger partial charge in [-0.15, -0.1) is 0 Å². The summed E-state index contributed by atoms with van der Waals surface area (Å²) in [4.78, 5) is 11.2. The van der Waals surface area contributed by atoms with Crippen molar-refractivity contribution < 1.29 is 22.6 Å². The number of rotatable bonds is 6. The maximum absolute atomic E-state index is 12.2. The van der Waals surface area contributed by atoms with Crippen LogP contribution in [-0.4, -0.2) is 34.8 Å². The Morgan fingerprint density at radius 1 is 1.09 bits per heavy atom. The molecule has 11 heteroatoms. The Hall–Kier alpha value is -2.82. The van der Waals surface area contributed by atoms with Crippen molar-refractivity contribution in [3.63, 3.8) is 0 Å². The van der Waals surface area contributed by atoms with E-state index in [9.17, 15) is 13.2 Å². The van der Waals surface area contributed by atoms with E-state index in [1.54, 1.807) is 24.3 Å². The van der Waals surface area contributed by atoms with Crippen LogP contribution in [0.1, 0.15) is 0 Å². The number of hydrogen-bond donors (Lipinski definition) is 3. The van der Waals surface area contributed by atoms with Gasteiger partial charge in [0, 0.05) is 5.69 Å². The van der Waals surface area contributed by atoms with Crippen LogP contribution >= 0.6 is 0 Å². The molecule has 1 heterocycles. The zero-order chi connectivity index (χ0) is 16.9. The number of methoxy groups -OCH3 is 1. The van der Waals surface area contributed by atoms with E-state index in [4.69, 9.17) is 10.6 Å². The maximum atomic E-state index is 12.2. The van der Waals surface area contributed by atoms with Crippen molar-refractivity contribution in [3.8, 4) is 11.8 Å². The average Bonchev–Trinajstić information content (AvgIpc) is 2.53. The van der Waals surface area contributed by atoms with E-state index in [2.05, 4.69) is 30.4 Å². The normalized spacial score (nSPS) is 11.0. The lowest BCUT2D eigenvalue weighted by molar-refractivity contribution is -0.154. The number of nitrogens with zero attached hydrogens (tertiary/aromatic N) is 3. The van der Waals surface area contributed by atoms with Gasteiger partial charge in [0.2, 0.25) is 11.9 Å². The Kier molecular flexibility index (Phi) is 5.01. The van der Waals surface area contributed by atoms with Crippen LogP contribution in [0.2, 0.25) is 0 Å². The van der Waals surface area contributed by atoms with Crippen molar-refractivity contribution >= 4 is 17.6 Å². The van der Waals surface area contributed by atoms with Gasteiger partial charge in [0.05, 0.1) is 7.11 Å².